The molecule has 0 radical (unpaired) electrons. The second-order valence-corrected chi connectivity index (χ2v) is 6.15. The van der Waals surface area contributed by atoms with Gasteiger partial charge in [0, 0.05) is 9.35 Å². The second-order valence-electron chi connectivity index (χ2n) is 3.02. The van der Waals surface area contributed by atoms with Crippen LogP contribution in [0.4, 0.5) is 0 Å². The average molecular weight is 367 g/mol. The molecular weight excluding hydrogens is 359 g/mol. The highest BCUT2D eigenvalue weighted by molar-refractivity contribution is 9.10. The number of halogens is 3. The van der Waals surface area contributed by atoms with Crippen molar-refractivity contribution in [2.24, 2.45) is 0 Å². The molecule has 0 nitrogen and oxygen atoms in total. The summed E-state index contributed by atoms with van der Waals surface area (Å²) in [7, 11) is 0. The van der Waals surface area contributed by atoms with E-state index in [1.165, 1.54) is 4.88 Å². The van der Waals surface area contributed by atoms with Crippen LogP contribution in [-0.4, -0.2) is 0 Å². The molecule has 1 aromatic heterocycles. The van der Waals surface area contributed by atoms with Crippen LogP contribution >= 0.6 is 54.8 Å². The van der Waals surface area contributed by atoms with Crippen molar-refractivity contribution in [3.05, 3.63) is 55.6 Å². The summed E-state index contributed by atoms with van der Waals surface area (Å²) in [5.41, 5.74) is 1.09. The summed E-state index contributed by atoms with van der Waals surface area (Å²) in [6, 6.07) is 10.1. The van der Waals surface area contributed by atoms with Gasteiger partial charge in [-0.15, -0.1) is 11.3 Å². The van der Waals surface area contributed by atoms with Crippen LogP contribution < -0.4 is 0 Å². The molecule has 2 aromatic rings. The Bertz CT molecular complexity index is 454. The van der Waals surface area contributed by atoms with Crippen LogP contribution in [0.5, 0.6) is 0 Å². The van der Waals surface area contributed by atoms with Gasteiger partial charge in [0.1, 0.15) is 0 Å². The molecule has 0 aliphatic carbocycles. The molecule has 0 saturated heterocycles. The third kappa shape index (κ3) is 2.47. The standard InChI is InChI=1S/C11H7Br2ClS/c12-8-4-1-3-7(11(8)14)10(13)9-5-2-6-15-9/h1-6,10H. The average Bonchev–Trinajstić information content (AvgIpc) is 2.74. The van der Waals surface area contributed by atoms with Crippen molar-refractivity contribution in [3.8, 4) is 0 Å². The van der Waals surface area contributed by atoms with Crippen LogP contribution in [0.1, 0.15) is 15.3 Å². The highest BCUT2D eigenvalue weighted by Crippen LogP contribution is 2.39. The largest absolute Gasteiger partial charge is 0.147 e. The summed E-state index contributed by atoms with van der Waals surface area (Å²) in [4.78, 5) is 1.43. The molecule has 0 fully saturated rings. The maximum atomic E-state index is 6.23. The summed E-state index contributed by atoms with van der Waals surface area (Å²) in [5.74, 6) is 0. The molecule has 0 N–H and O–H groups in total. The van der Waals surface area contributed by atoms with Crippen molar-refractivity contribution >= 4 is 54.8 Å². The van der Waals surface area contributed by atoms with Gasteiger partial charge in [-0.05, 0) is 39.0 Å². The number of thiophene rings is 1. The monoisotopic (exact) mass is 364 g/mol. The first-order valence-electron chi connectivity index (χ1n) is 4.31. The van der Waals surface area contributed by atoms with E-state index in [4.69, 9.17) is 11.6 Å². The zero-order valence-corrected chi connectivity index (χ0v) is 12.3. The molecule has 0 amide bonds. The molecule has 4 heteroatoms. The lowest BCUT2D eigenvalue weighted by Crippen LogP contribution is -1.91. The maximum absolute atomic E-state index is 6.23. The van der Waals surface area contributed by atoms with Crippen LogP contribution in [-0.2, 0) is 0 Å². The van der Waals surface area contributed by atoms with Crippen LogP contribution in [0.15, 0.2) is 40.2 Å². The molecule has 15 heavy (non-hydrogen) atoms. The van der Waals surface area contributed by atoms with E-state index in [2.05, 4.69) is 43.3 Å². The van der Waals surface area contributed by atoms with Crippen molar-refractivity contribution in [2.45, 2.75) is 4.83 Å². The van der Waals surface area contributed by atoms with Gasteiger partial charge in [0.25, 0.3) is 0 Å². The summed E-state index contributed by atoms with van der Waals surface area (Å²) in [6.07, 6.45) is 0. The Balaban J connectivity index is 2.42. The molecule has 1 aromatic carbocycles. The van der Waals surface area contributed by atoms with Gasteiger partial charge in [0.05, 0.1) is 9.85 Å². The number of benzene rings is 1. The van der Waals surface area contributed by atoms with Crippen LogP contribution in [0.2, 0.25) is 5.02 Å². The normalized spacial score (nSPS) is 12.7. The van der Waals surface area contributed by atoms with Gasteiger partial charge in [0.2, 0.25) is 0 Å². The molecule has 0 aliphatic rings. The topological polar surface area (TPSA) is 0 Å². The lowest BCUT2D eigenvalue weighted by atomic mass is 10.1. The minimum atomic E-state index is 0.169. The van der Waals surface area contributed by atoms with Crippen molar-refractivity contribution in [2.75, 3.05) is 0 Å². The van der Waals surface area contributed by atoms with Crippen molar-refractivity contribution in [1.82, 2.24) is 0 Å². The predicted molar refractivity (Wildman–Crippen MR) is 74.2 cm³/mol. The quantitative estimate of drug-likeness (QED) is 0.603. The first-order valence-corrected chi connectivity index (χ1v) is 7.28. The number of alkyl halides is 1. The molecule has 1 unspecified atom stereocenters. The summed E-state index contributed by atoms with van der Waals surface area (Å²) in [6.45, 7) is 0. The second kappa shape index (κ2) is 5.00. The molecule has 0 saturated carbocycles. The number of hydrogen-bond donors (Lipinski definition) is 0. The van der Waals surface area contributed by atoms with Crippen LogP contribution in [0, 0.1) is 0 Å². The molecule has 78 valence electrons. The van der Waals surface area contributed by atoms with Gasteiger partial charge in [-0.1, -0.05) is 45.7 Å². The SMILES string of the molecule is Clc1c(Br)cccc1C(Br)c1cccs1. The van der Waals surface area contributed by atoms with E-state index in [0.29, 0.717) is 0 Å². The van der Waals surface area contributed by atoms with E-state index in [9.17, 15) is 0 Å². The van der Waals surface area contributed by atoms with Gasteiger partial charge in [0.15, 0.2) is 0 Å². The predicted octanol–water partition coefficient (Wildman–Crippen LogP) is 5.65. The summed E-state index contributed by atoms with van der Waals surface area (Å²) < 4.78 is 0.933. The lowest BCUT2D eigenvalue weighted by Gasteiger charge is -2.11. The maximum Gasteiger partial charge on any atom is 0.0752 e. The van der Waals surface area contributed by atoms with Gasteiger partial charge < -0.3 is 0 Å². The highest BCUT2D eigenvalue weighted by atomic mass is 79.9. The summed E-state index contributed by atoms with van der Waals surface area (Å²) >= 11 is 15.0. The smallest absolute Gasteiger partial charge is 0.0752 e. The molecule has 1 atom stereocenters. The first-order chi connectivity index (χ1) is 7.20. The molecule has 0 bridgehead atoms. The van der Waals surface area contributed by atoms with E-state index in [0.717, 1.165) is 15.1 Å². The minimum absolute atomic E-state index is 0.169. The zero-order chi connectivity index (χ0) is 10.8. The van der Waals surface area contributed by atoms with Gasteiger partial charge in [-0.25, -0.2) is 0 Å². The van der Waals surface area contributed by atoms with E-state index in [-0.39, 0.29) is 4.83 Å². The van der Waals surface area contributed by atoms with Crippen molar-refractivity contribution in [3.63, 3.8) is 0 Å². The third-order valence-electron chi connectivity index (χ3n) is 2.05. The minimum Gasteiger partial charge on any atom is -0.147 e. The van der Waals surface area contributed by atoms with E-state index in [1.54, 1.807) is 11.3 Å². The summed E-state index contributed by atoms with van der Waals surface area (Å²) in [5, 5.41) is 2.84. The van der Waals surface area contributed by atoms with Crippen molar-refractivity contribution < 1.29 is 0 Å². The molecular formula is C11H7Br2ClS. The van der Waals surface area contributed by atoms with Crippen LogP contribution in [0.3, 0.4) is 0 Å². The Labute approximate surface area is 115 Å². The molecule has 0 spiro atoms. The van der Waals surface area contributed by atoms with E-state index < -0.39 is 0 Å². The third-order valence-corrected chi connectivity index (χ3v) is 5.59. The zero-order valence-electron chi connectivity index (χ0n) is 7.58. The number of hydrogen-bond acceptors (Lipinski definition) is 1. The van der Waals surface area contributed by atoms with Gasteiger partial charge in [-0.2, -0.15) is 0 Å². The lowest BCUT2D eigenvalue weighted by molar-refractivity contribution is 1.22. The fraction of sp³-hybridized carbons (Fsp3) is 0.0909. The molecule has 2 rings (SSSR count). The first kappa shape index (κ1) is 11.6. The number of rotatable bonds is 2. The molecule has 1 heterocycles. The molecule has 0 aliphatic heterocycles. The highest BCUT2D eigenvalue weighted by Gasteiger charge is 2.15. The van der Waals surface area contributed by atoms with Crippen molar-refractivity contribution in [1.29, 1.82) is 0 Å². The Hall–Kier alpha value is 0.170. The fourth-order valence-electron chi connectivity index (χ4n) is 1.30. The Morgan fingerprint density at radius 2 is 2.00 bits per heavy atom. The van der Waals surface area contributed by atoms with Crippen LogP contribution in [0.25, 0.3) is 0 Å². The Morgan fingerprint density at radius 3 is 2.67 bits per heavy atom. The van der Waals surface area contributed by atoms with Gasteiger partial charge in [-0.3, -0.25) is 0 Å². The van der Waals surface area contributed by atoms with Gasteiger partial charge >= 0.3 is 0 Å². The van der Waals surface area contributed by atoms with E-state index >= 15 is 0 Å². The Kier molecular flexibility index (Phi) is 3.88. The van der Waals surface area contributed by atoms with E-state index in [1.807, 2.05) is 24.3 Å². The fourth-order valence-corrected chi connectivity index (χ4v) is 3.63. The Morgan fingerprint density at radius 1 is 1.20 bits per heavy atom.